The molecule has 0 aliphatic carbocycles. The third kappa shape index (κ3) is 10.1. The molecule has 0 spiro atoms. The lowest BCUT2D eigenvalue weighted by molar-refractivity contribution is -0.191. The van der Waals surface area contributed by atoms with E-state index in [0.717, 1.165) is 22.3 Å². The zero-order chi connectivity index (χ0) is 32.7. The largest absolute Gasteiger partial charge is 0.463 e. The Bertz CT molecular complexity index is 1530. The average molecular weight is 636 g/mol. The van der Waals surface area contributed by atoms with E-state index in [9.17, 15) is 9.59 Å². The standard InChI is InChI=1S/C39H41NO7/c1-2-43-36(41)24-23-34-37(45-27-31-17-9-4-10-18-31)38(46-28-32-19-11-5-12-20-32)35(44-26-30-15-7-3-8-16-30)25-40(34)39(42)47-29-33-21-13-6-14-22-33/h3-24,34-35,37-38H,2,25-29H2,1H3/b24-23+/t34-,35+,37+,38+/m0/s1. The summed E-state index contributed by atoms with van der Waals surface area (Å²) in [5.41, 5.74) is 3.78. The first-order valence-electron chi connectivity index (χ1n) is 15.9. The van der Waals surface area contributed by atoms with Crippen LogP contribution in [0.4, 0.5) is 4.79 Å². The first-order valence-corrected chi connectivity index (χ1v) is 15.9. The van der Waals surface area contributed by atoms with E-state index in [0.29, 0.717) is 13.2 Å². The highest BCUT2D eigenvalue weighted by atomic mass is 16.6. The van der Waals surface area contributed by atoms with E-state index >= 15 is 0 Å². The van der Waals surface area contributed by atoms with E-state index in [-0.39, 0.29) is 26.4 Å². The molecule has 47 heavy (non-hydrogen) atoms. The number of benzene rings is 4. The van der Waals surface area contributed by atoms with Crippen molar-refractivity contribution in [3.8, 4) is 0 Å². The highest BCUT2D eigenvalue weighted by molar-refractivity contribution is 5.82. The number of rotatable bonds is 14. The van der Waals surface area contributed by atoms with Gasteiger partial charge in [-0.15, -0.1) is 0 Å². The van der Waals surface area contributed by atoms with Crippen molar-refractivity contribution in [1.29, 1.82) is 0 Å². The lowest BCUT2D eigenvalue weighted by Gasteiger charge is -2.47. The van der Waals surface area contributed by atoms with Crippen molar-refractivity contribution in [1.82, 2.24) is 4.90 Å². The summed E-state index contributed by atoms with van der Waals surface area (Å²) in [5, 5.41) is 0. The maximum Gasteiger partial charge on any atom is 0.410 e. The van der Waals surface area contributed by atoms with Crippen molar-refractivity contribution in [3.05, 3.63) is 156 Å². The molecule has 1 aliphatic heterocycles. The van der Waals surface area contributed by atoms with Crippen molar-refractivity contribution < 1.29 is 33.3 Å². The molecule has 0 N–H and O–H groups in total. The van der Waals surface area contributed by atoms with Crippen molar-refractivity contribution >= 4 is 12.1 Å². The number of nitrogens with zero attached hydrogens (tertiary/aromatic N) is 1. The molecule has 0 unspecified atom stereocenters. The molecule has 4 aromatic carbocycles. The van der Waals surface area contributed by atoms with Crippen LogP contribution in [-0.4, -0.2) is 54.5 Å². The quantitative estimate of drug-likeness (QED) is 0.110. The van der Waals surface area contributed by atoms with Gasteiger partial charge in [0.05, 0.1) is 39.0 Å². The number of carbonyl (C=O) groups excluding carboxylic acids is 2. The summed E-state index contributed by atoms with van der Waals surface area (Å²) in [7, 11) is 0. The number of hydrogen-bond acceptors (Lipinski definition) is 7. The van der Waals surface area contributed by atoms with Crippen LogP contribution in [0.5, 0.6) is 0 Å². The third-order valence-electron chi connectivity index (χ3n) is 7.80. The molecule has 4 atom stereocenters. The van der Waals surface area contributed by atoms with Gasteiger partial charge in [-0.1, -0.05) is 127 Å². The van der Waals surface area contributed by atoms with Gasteiger partial charge in [0.1, 0.15) is 24.9 Å². The van der Waals surface area contributed by atoms with Crippen LogP contribution in [0, 0.1) is 0 Å². The Labute approximate surface area is 276 Å². The van der Waals surface area contributed by atoms with Gasteiger partial charge in [0.15, 0.2) is 0 Å². The minimum atomic E-state index is -0.733. The molecule has 1 saturated heterocycles. The summed E-state index contributed by atoms with van der Waals surface area (Å²) in [6.45, 7) is 3.05. The Morgan fingerprint density at radius 1 is 0.617 bits per heavy atom. The summed E-state index contributed by atoms with van der Waals surface area (Å²) in [4.78, 5) is 28.0. The van der Waals surface area contributed by atoms with E-state index in [1.807, 2.05) is 121 Å². The predicted octanol–water partition coefficient (Wildman–Crippen LogP) is 6.88. The summed E-state index contributed by atoms with van der Waals surface area (Å²) in [5.74, 6) is -0.517. The lowest BCUT2D eigenvalue weighted by atomic mass is 9.92. The number of carbonyl (C=O) groups is 2. The van der Waals surface area contributed by atoms with Crippen molar-refractivity contribution in [2.24, 2.45) is 0 Å². The fraction of sp³-hybridized carbons (Fsp3) is 0.282. The average Bonchev–Trinajstić information content (AvgIpc) is 3.12. The molecule has 0 radical (unpaired) electrons. The van der Waals surface area contributed by atoms with Crippen molar-refractivity contribution in [2.75, 3.05) is 13.2 Å². The Hall–Kier alpha value is -4.76. The Balaban J connectivity index is 1.49. The minimum absolute atomic E-state index is 0.0868. The van der Waals surface area contributed by atoms with Gasteiger partial charge < -0.3 is 23.7 Å². The Morgan fingerprint density at radius 2 is 1.06 bits per heavy atom. The van der Waals surface area contributed by atoms with Gasteiger partial charge in [-0.25, -0.2) is 9.59 Å². The molecule has 4 aromatic rings. The molecule has 0 saturated carbocycles. The van der Waals surface area contributed by atoms with Gasteiger partial charge in [-0.05, 0) is 29.2 Å². The van der Waals surface area contributed by atoms with Crippen LogP contribution < -0.4 is 0 Å². The molecule has 1 fully saturated rings. The molecule has 0 aromatic heterocycles. The molecule has 0 bridgehead atoms. The van der Waals surface area contributed by atoms with Gasteiger partial charge >= 0.3 is 12.1 Å². The topological polar surface area (TPSA) is 83.5 Å². The SMILES string of the molecule is CCOC(=O)/C=C/[C@H]1[C@@H](OCc2ccccc2)[C@H](OCc2ccccc2)[C@H](OCc2ccccc2)CN1C(=O)OCc1ccccc1. The summed E-state index contributed by atoms with van der Waals surface area (Å²) < 4.78 is 30.8. The monoisotopic (exact) mass is 635 g/mol. The van der Waals surface area contributed by atoms with Gasteiger partial charge in [-0.3, -0.25) is 4.90 Å². The van der Waals surface area contributed by atoms with Crippen molar-refractivity contribution in [3.63, 3.8) is 0 Å². The molecule has 8 nitrogen and oxygen atoms in total. The highest BCUT2D eigenvalue weighted by Crippen LogP contribution is 2.30. The van der Waals surface area contributed by atoms with E-state index in [1.54, 1.807) is 17.9 Å². The molecule has 1 amide bonds. The van der Waals surface area contributed by atoms with Crippen LogP contribution in [0.3, 0.4) is 0 Å². The zero-order valence-corrected chi connectivity index (χ0v) is 26.6. The number of piperidine rings is 1. The molecule has 5 rings (SSSR count). The minimum Gasteiger partial charge on any atom is -0.463 e. The second kappa shape index (κ2) is 17.8. The maximum atomic E-state index is 13.9. The van der Waals surface area contributed by atoms with Crippen LogP contribution >= 0.6 is 0 Å². The number of amides is 1. The van der Waals surface area contributed by atoms with Crippen LogP contribution in [0.1, 0.15) is 29.2 Å². The molecule has 1 aliphatic rings. The first kappa shape index (κ1) is 33.6. The zero-order valence-electron chi connectivity index (χ0n) is 26.6. The number of ether oxygens (including phenoxy) is 5. The van der Waals surface area contributed by atoms with Crippen molar-refractivity contribution in [2.45, 2.75) is 57.7 Å². The van der Waals surface area contributed by atoms with Crippen LogP contribution in [0.2, 0.25) is 0 Å². The molecule has 1 heterocycles. The smallest absolute Gasteiger partial charge is 0.410 e. The fourth-order valence-corrected chi connectivity index (χ4v) is 5.44. The van der Waals surface area contributed by atoms with E-state index in [4.69, 9.17) is 23.7 Å². The number of hydrogen-bond donors (Lipinski definition) is 0. The fourth-order valence-electron chi connectivity index (χ4n) is 5.44. The summed E-state index contributed by atoms with van der Waals surface area (Å²) in [6, 6.07) is 38.2. The normalized spacial score (nSPS) is 19.4. The van der Waals surface area contributed by atoms with Gasteiger partial charge in [0.2, 0.25) is 0 Å². The molecular formula is C39H41NO7. The van der Waals surface area contributed by atoms with Gasteiger partial charge in [-0.2, -0.15) is 0 Å². The van der Waals surface area contributed by atoms with Crippen LogP contribution in [0.25, 0.3) is 0 Å². The summed E-state index contributed by atoms with van der Waals surface area (Å²) in [6.07, 6.45) is 0.487. The highest BCUT2D eigenvalue weighted by Gasteiger charge is 2.47. The number of likely N-dealkylation sites (tertiary alicyclic amines) is 1. The molecule has 8 heteroatoms. The first-order chi connectivity index (χ1) is 23.1. The second-order valence-corrected chi connectivity index (χ2v) is 11.2. The third-order valence-corrected chi connectivity index (χ3v) is 7.80. The Kier molecular flexibility index (Phi) is 12.7. The van der Waals surface area contributed by atoms with E-state index < -0.39 is 36.4 Å². The van der Waals surface area contributed by atoms with Gasteiger partial charge in [0, 0.05) is 6.08 Å². The lowest BCUT2D eigenvalue weighted by Crippen LogP contribution is -2.64. The van der Waals surface area contributed by atoms with E-state index in [2.05, 4.69) is 0 Å². The Morgan fingerprint density at radius 3 is 1.55 bits per heavy atom. The molecule has 244 valence electrons. The van der Waals surface area contributed by atoms with Gasteiger partial charge in [0.25, 0.3) is 0 Å². The second-order valence-electron chi connectivity index (χ2n) is 11.2. The van der Waals surface area contributed by atoms with Crippen LogP contribution in [-0.2, 0) is 54.9 Å². The number of esters is 1. The predicted molar refractivity (Wildman–Crippen MR) is 178 cm³/mol. The van der Waals surface area contributed by atoms with E-state index in [1.165, 1.54) is 6.08 Å². The maximum absolute atomic E-state index is 13.9. The molecular weight excluding hydrogens is 594 g/mol. The van der Waals surface area contributed by atoms with Crippen LogP contribution in [0.15, 0.2) is 133 Å². The summed E-state index contributed by atoms with van der Waals surface area (Å²) >= 11 is 0.